The molecule has 0 unspecified atom stereocenters. The van der Waals surface area contributed by atoms with Gasteiger partial charge in [-0.15, -0.1) is 0 Å². The molecular weight excluding hydrogens is 391 g/mol. The molecule has 0 bridgehead atoms. The minimum atomic E-state index is -3.83. The highest BCUT2D eigenvalue weighted by molar-refractivity contribution is 7.89. The standard InChI is InChI=1S/C15H22ClFN2O4S2/c1-2-3-4-11-24(20,21)18-7-9-19(10-8-18)25(22,23)13-5-6-15(17)14(16)12-13/h5-6,12H,2-4,7-11H2,1H3. The molecule has 1 aromatic rings. The molecule has 1 heterocycles. The van der Waals surface area contributed by atoms with Gasteiger partial charge in [0.15, 0.2) is 0 Å². The summed E-state index contributed by atoms with van der Waals surface area (Å²) >= 11 is 5.66. The molecule has 0 aliphatic carbocycles. The largest absolute Gasteiger partial charge is 0.243 e. The van der Waals surface area contributed by atoms with E-state index >= 15 is 0 Å². The van der Waals surface area contributed by atoms with Crippen LogP contribution in [-0.4, -0.2) is 57.4 Å². The maximum Gasteiger partial charge on any atom is 0.243 e. The quantitative estimate of drug-likeness (QED) is 0.644. The van der Waals surface area contributed by atoms with Crippen molar-refractivity contribution < 1.29 is 21.2 Å². The van der Waals surface area contributed by atoms with Crippen LogP contribution in [0, 0.1) is 5.82 Å². The second kappa shape index (κ2) is 8.30. The Labute approximate surface area is 153 Å². The van der Waals surface area contributed by atoms with E-state index in [1.807, 2.05) is 6.92 Å². The topological polar surface area (TPSA) is 74.8 Å². The molecule has 0 spiro atoms. The van der Waals surface area contributed by atoms with Gasteiger partial charge in [-0.05, 0) is 24.6 Å². The number of rotatable bonds is 7. The van der Waals surface area contributed by atoms with E-state index in [-0.39, 0.29) is 41.8 Å². The van der Waals surface area contributed by atoms with Gasteiger partial charge < -0.3 is 0 Å². The lowest BCUT2D eigenvalue weighted by Gasteiger charge is -2.33. The second-order valence-electron chi connectivity index (χ2n) is 5.90. The summed E-state index contributed by atoms with van der Waals surface area (Å²) in [6.07, 6.45) is 2.38. The lowest BCUT2D eigenvalue weighted by atomic mass is 10.3. The minimum absolute atomic E-state index is 0.0599. The molecule has 2 rings (SSSR count). The molecule has 1 aliphatic heterocycles. The summed E-state index contributed by atoms with van der Waals surface area (Å²) in [5.41, 5.74) is 0. The number of sulfonamides is 2. The third-order valence-electron chi connectivity index (χ3n) is 4.13. The number of halogens is 2. The third kappa shape index (κ3) is 4.91. The van der Waals surface area contributed by atoms with E-state index < -0.39 is 25.9 Å². The molecule has 1 aliphatic rings. The highest BCUT2D eigenvalue weighted by Gasteiger charge is 2.32. The first-order valence-corrected chi connectivity index (χ1v) is 11.5. The monoisotopic (exact) mass is 412 g/mol. The summed E-state index contributed by atoms with van der Waals surface area (Å²) in [7, 11) is -7.19. The summed E-state index contributed by atoms with van der Waals surface area (Å²) < 4.78 is 65.5. The molecule has 1 saturated heterocycles. The summed E-state index contributed by atoms with van der Waals surface area (Å²) in [5, 5.41) is -0.266. The molecule has 1 aromatic carbocycles. The second-order valence-corrected chi connectivity index (χ2v) is 10.3. The molecule has 0 N–H and O–H groups in total. The maximum absolute atomic E-state index is 13.2. The molecule has 0 saturated carbocycles. The predicted octanol–water partition coefficient (Wildman–Crippen LogP) is 2.31. The van der Waals surface area contributed by atoms with Crippen molar-refractivity contribution >= 4 is 31.6 Å². The zero-order valence-corrected chi connectivity index (χ0v) is 16.4. The van der Waals surface area contributed by atoms with E-state index in [4.69, 9.17) is 11.6 Å². The van der Waals surface area contributed by atoms with Crippen LogP contribution < -0.4 is 0 Å². The molecule has 142 valence electrons. The molecule has 6 nitrogen and oxygen atoms in total. The van der Waals surface area contributed by atoms with Gasteiger partial charge in [0.1, 0.15) is 5.82 Å². The normalized spacial score (nSPS) is 17.7. The molecule has 1 fully saturated rings. The lowest BCUT2D eigenvalue weighted by molar-refractivity contribution is 0.272. The smallest absolute Gasteiger partial charge is 0.212 e. The summed E-state index contributed by atoms with van der Waals surface area (Å²) in [6, 6.07) is 3.23. The minimum Gasteiger partial charge on any atom is -0.212 e. The van der Waals surface area contributed by atoms with Crippen molar-refractivity contribution in [1.29, 1.82) is 0 Å². The van der Waals surface area contributed by atoms with Gasteiger partial charge in [0.2, 0.25) is 20.0 Å². The van der Waals surface area contributed by atoms with Crippen LogP contribution in [0.15, 0.2) is 23.1 Å². The number of hydrogen-bond acceptors (Lipinski definition) is 4. The van der Waals surface area contributed by atoms with E-state index in [0.29, 0.717) is 6.42 Å². The summed E-state index contributed by atoms with van der Waals surface area (Å²) in [4.78, 5) is -0.0989. The number of nitrogens with zero attached hydrogens (tertiary/aromatic N) is 2. The fourth-order valence-corrected chi connectivity index (χ4v) is 5.88. The van der Waals surface area contributed by atoms with Crippen molar-refractivity contribution in [3.8, 4) is 0 Å². The summed E-state index contributed by atoms with van der Waals surface area (Å²) in [5.74, 6) is -0.607. The Kier molecular flexibility index (Phi) is 6.83. The molecular formula is C15H22ClFN2O4S2. The lowest BCUT2D eigenvalue weighted by Crippen LogP contribution is -2.50. The van der Waals surface area contributed by atoms with Crippen LogP contribution in [0.4, 0.5) is 4.39 Å². The Bertz CT molecular complexity index is 807. The number of hydrogen-bond donors (Lipinski definition) is 0. The first-order chi connectivity index (χ1) is 11.7. The van der Waals surface area contributed by atoms with Crippen LogP contribution in [0.3, 0.4) is 0 Å². The van der Waals surface area contributed by atoms with Gasteiger partial charge in [0.25, 0.3) is 0 Å². The Morgan fingerprint density at radius 3 is 2.20 bits per heavy atom. The van der Waals surface area contributed by atoms with Crippen molar-refractivity contribution in [1.82, 2.24) is 8.61 Å². The van der Waals surface area contributed by atoms with Crippen LogP contribution in [0.5, 0.6) is 0 Å². The first-order valence-electron chi connectivity index (χ1n) is 8.11. The van der Waals surface area contributed by atoms with Crippen LogP contribution in [0.1, 0.15) is 26.2 Å². The molecule has 25 heavy (non-hydrogen) atoms. The number of benzene rings is 1. The van der Waals surface area contributed by atoms with Gasteiger partial charge >= 0.3 is 0 Å². The highest BCUT2D eigenvalue weighted by atomic mass is 35.5. The first kappa shape index (κ1) is 20.6. The van der Waals surface area contributed by atoms with E-state index in [0.717, 1.165) is 31.0 Å². The molecule has 0 atom stereocenters. The highest BCUT2D eigenvalue weighted by Crippen LogP contribution is 2.23. The maximum atomic E-state index is 13.2. The van der Waals surface area contributed by atoms with Crippen molar-refractivity contribution in [3.05, 3.63) is 29.0 Å². The Balaban J connectivity index is 2.04. The Morgan fingerprint density at radius 2 is 1.64 bits per heavy atom. The predicted molar refractivity (Wildman–Crippen MR) is 95.1 cm³/mol. The van der Waals surface area contributed by atoms with E-state index in [1.165, 1.54) is 8.61 Å². The summed E-state index contributed by atoms with van der Waals surface area (Å²) in [6.45, 7) is 2.35. The average molecular weight is 413 g/mol. The molecule has 0 aromatic heterocycles. The fraction of sp³-hybridized carbons (Fsp3) is 0.600. The van der Waals surface area contributed by atoms with Crippen LogP contribution in [0.25, 0.3) is 0 Å². The van der Waals surface area contributed by atoms with Gasteiger partial charge in [-0.25, -0.2) is 21.2 Å². The van der Waals surface area contributed by atoms with Crippen molar-refractivity contribution in [2.75, 3.05) is 31.9 Å². The zero-order valence-electron chi connectivity index (χ0n) is 14.0. The van der Waals surface area contributed by atoms with Crippen LogP contribution in [-0.2, 0) is 20.0 Å². The van der Waals surface area contributed by atoms with Crippen molar-refractivity contribution in [3.63, 3.8) is 0 Å². The fourth-order valence-electron chi connectivity index (χ4n) is 2.64. The van der Waals surface area contributed by atoms with Crippen LogP contribution in [0.2, 0.25) is 5.02 Å². The average Bonchev–Trinajstić information content (AvgIpc) is 2.57. The van der Waals surface area contributed by atoms with Crippen molar-refractivity contribution in [2.45, 2.75) is 31.1 Å². The van der Waals surface area contributed by atoms with E-state index in [2.05, 4.69) is 0 Å². The third-order valence-corrected chi connectivity index (χ3v) is 8.27. The van der Waals surface area contributed by atoms with Gasteiger partial charge in [-0.2, -0.15) is 8.61 Å². The number of unbranched alkanes of at least 4 members (excludes halogenated alkanes) is 2. The molecule has 0 radical (unpaired) electrons. The van der Waals surface area contributed by atoms with E-state index in [9.17, 15) is 21.2 Å². The molecule has 10 heteroatoms. The van der Waals surface area contributed by atoms with Gasteiger partial charge in [0, 0.05) is 26.2 Å². The van der Waals surface area contributed by atoms with Gasteiger partial charge in [-0.3, -0.25) is 0 Å². The molecule has 0 amide bonds. The Hall–Kier alpha value is -0.740. The number of piperazine rings is 1. The van der Waals surface area contributed by atoms with Gasteiger partial charge in [0.05, 0.1) is 15.7 Å². The van der Waals surface area contributed by atoms with Crippen LogP contribution >= 0.6 is 11.6 Å². The SMILES string of the molecule is CCCCCS(=O)(=O)N1CCN(S(=O)(=O)c2ccc(F)c(Cl)c2)CC1. The zero-order chi connectivity index (χ0) is 18.7. The van der Waals surface area contributed by atoms with Gasteiger partial charge in [-0.1, -0.05) is 31.4 Å². The van der Waals surface area contributed by atoms with Crippen molar-refractivity contribution in [2.24, 2.45) is 0 Å². The Morgan fingerprint density at radius 1 is 1.04 bits per heavy atom. The van der Waals surface area contributed by atoms with E-state index in [1.54, 1.807) is 0 Å².